The van der Waals surface area contributed by atoms with Crippen molar-refractivity contribution in [2.75, 3.05) is 47.3 Å². The van der Waals surface area contributed by atoms with Crippen LogP contribution in [0.5, 0.6) is 0 Å². The summed E-state index contributed by atoms with van der Waals surface area (Å²) in [5, 5.41) is 0. The molecule has 1 fully saturated rings. The molecule has 1 heterocycles. The van der Waals surface area contributed by atoms with E-state index in [4.69, 9.17) is 5.73 Å². The monoisotopic (exact) mass is 298 g/mol. The smallest absolute Gasteiger partial charge is 0.240 e. The van der Waals surface area contributed by atoms with Crippen LogP contribution in [0, 0.1) is 5.41 Å². The molecule has 1 saturated heterocycles. The van der Waals surface area contributed by atoms with Gasteiger partial charge in [-0.15, -0.1) is 0 Å². The Morgan fingerprint density at radius 1 is 1.24 bits per heavy atom. The molecular weight excluding hydrogens is 264 g/mol. The summed E-state index contributed by atoms with van der Waals surface area (Å²) in [5.74, 6) is 0.110. The first kappa shape index (κ1) is 18.4. The molecule has 0 aromatic rings. The summed E-state index contributed by atoms with van der Waals surface area (Å²) in [7, 11) is 6.23. The van der Waals surface area contributed by atoms with E-state index in [0.29, 0.717) is 6.04 Å². The number of nitrogens with zero attached hydrogens (tertiary/aromatic N) is 3. The van der Waals surface area contributed by atoms with Crippen LogP contribution in [0.2, 0.25) is 0 Å². The van der Waals surface area contributed by atoms with Crippen LogP contribution in [0.15, 0.2) is 0 Å². The van der Waals surface area contributed by atoms with Gasteiger partial charge in [0, 0.05) is 19.1 Å². The molecule has 0 aromatic heterocycles. The van der Waals surface area contributed by atoms with Gasteiger partial charge < -0.3 is 20.4 Å². The number of likely N-dealkylation sites (N-methyl/N-ethyl adjacent to an activating group) is 1. The van der Waals surface area contributed by atoms with Crippen molar-refractivity contribution in [3.63, 3.8) is 0 Å². The summed E-state index contributed by atoms with van der Waals surface area (Å²) < 4.78 is 0. The van der Waals surface area contributed by atoms with E-state index >= 15 is 0 Å². The van der Waals surface area contributed by atoms with Gasteiger partial charge in [-0.3, -0.25) is 4.79 Å². The average molecular weight is 298 g/mol. The van der Waals surface area contributed by atoms with Gasteiger partial charge in [0.2, 0.25) is 5.91 Å². The van der Waals surface area contributed by atoms with E-state index in [1.807, 2.05) is 39.8 Å². The van der Waals surface area contributed by atoms with Crippen LogP contribution < -0.4 is 5.73 Å². The predicted octanol–water partition coefficient (Wildman–Crippen LogP) is 0.844. The maximum absolute atomic E-state index is 12.9. The van der Waals surface area contributed by atoms with Gasteiger partial charge in [-0.05, 0) is 52.5 Å². The lowest BCUT2D eigenvalue weighted by Crippen LogP contribution is -2.56. The minimum atomic E-state index is -0.431. The third-order valence-electron chi connectivity index (χ3n) is 4.40. The minimum absolute atomic E-state index is 0.110. The third-order valence-corrected chi connectivity index (χ3v) is 4.40. The van der Waals surface area contributed by atoms with E-state index in [0.717, 1.165) is 39.0 Å². The molecule has 1 aliphatic heterocycles. The summed E-state index contributed by atoms with van der Waals surface area (Å²) in [6.45, 7) is 9.87. The van der Waals surface area contributed by atoms with Gasteiger partial charge in [0.25, 0.3) is 0 Å². The maximum Gasteiger partial charge on any atom is 0.240 e. The largest absolute Gasteiger partial charge is 0.337 e. The molecule has 5 nitrogen and oxygen atoms in total. The van der Waals surface area contributed by atoms with E-state index in [1.54, 1.807) is 0 Å². The molecule has 0 bridgehead atoms. The number of amides is 1. The average Bonchev–Trinajstić information content (AvgIpc) is 2.38. The van der Waals surface area contributed by atoms with Crippen molar-refractivity contribution in [1.82, 2.24) is 14.7 Å². The van der Waals surface area contributed by atoms with Crippen LogP contribution in [-0.4, -0.2) is 80.0 Å². The zero-order valence-electron chi connectivity index (χ0n) is 14.7. The van der Waals surface area contributed by atoms with E-state index in [9.17, 15) is 4.79 Å². The molecule has 1 rings (SSSR count). The van der Waals surface area contributed by atoms with Crippen molar-refractivity contribution in [1.29, 1.82) is 0 Å². The molecule has 124 valence electrons. The Bertz CT molecular complexity index is 330. The highest BCUT2D eigenvalue weighted by Crippen LogP contribution is 2.22. The van der Waals surface area contributed by atoms with Gasteiger partial charge >= 0.3 is 0 Å². The third kappa shape index (κ3) is 5.57. The lowest BCUT2D eigenvalue weighted by atomic mass is 9.86. The molecule has 2 N–H and O–H groups in total. The Kier molecular flexibility index (Phi) is 6.63. The summed E-state index contributed by atoms with van der Waals surface area (Å²) in [6, 6.07) is -0.0960. The molecule has 1 amide bonds. The first-order valence-electron chi connectivity index (χ1n) is 8.02. The zero-order chi connectivity index (χ0) is 16.2. The van der Waals surface area contributed by atoms with Crippen molar-refractivity contribution in [2.45, 2.75) is 45.7 Å². The highest BCUT2D eigenvalue weighted by Gasteiger charge is 2.34. The predicted molar refractivity (Wildman–Crippen MR) is 88.2 cm³/mol. The van der Waals surface area contributed by atoms with Crippen LogP contribution in [0.25, 0.3) is 0 Å². The summed E-state index contributed by atoms with van der Waals surface area (Å²) in [6.07, 6.45) is 2.10. The topological polar surface area (TPSA) is 52.8 Å². The molecular formula is C16H34N4O. The normalized spacial score (nSPS) is 19.8. The maximum atomic E-state index is 12.9. The second kappa shape index (κ2) is 7.56. The second-order valence-electron chi connectivity index (χ2n) is 7.71. The number of nitrogens with two attached hydrogens (primary N) is 1. The SMILES string of the molecule is CN(C)CCN(C(=O)[C@H](N)C(C)(C)C)C1CCN(C)CC1. The van der Waals surface area contributed by atoms with Crippen molar-refractivity contribution >= 4 is 5.91 Å². The minimum Gasteiger partial charge on any atom is -0.337 e. The van der Waals surface area contributed by atoms with E-state index in [-0.39, 0.29) is 11.3 Å². The van der Waals surface area contributed by atoms with Crippen LogP contribution in [0.3, 0.4) is 0 Å². The van der Waals surface area contributed by atoms with Crippen molar-refractivity contribution < 1.29 is 4.79 Å². The molecule has 0 aromatic carbocycles. The quantitative estimate of drug-likeness (QED) is 0.817. The van der Waals surface area contributed by atoms with Crippen LogP contribution in [0.1, 0.15) is 33.6 Å². The Balaban J connectivity index is 2.78. The number of piperidine rings is 1. The molecule has 1 atom stereocenters. The molecule has 0 unspecified atom stereocenters. The zero-order valence-corrected chi connectivity index (χ0v) is 14.7. The Morgan fingerprint density at radius 3 is 2.19 bits per heavy atom. The van der Waals surface area contributed by atoms with E-state index in [2.05, 4.69) is 16.8 Å². The lowest BCUT2D eigenvalue weighted by molar-refractivity contribution is -0.138. The Morgan fingerprint density at radius 2 is 1.76 bits per heavy atom. The number of likely N-dealkylation sites (tertiary alicyclic amines) is 1. The van der Waals surface area contributed by atoms with E-state index < -0.39 is 6.04 Å². The molecule has 0 radical (unpaired) electrons. The summed E-state index contributed by atoms with van der Waals surface area (Å²) in [4.78, 5) is 19.3. The van der Waals surface area contributed by atoms with Gasteiger partial charge in [-0.1, -0.05) is 20.8 Å². The number of hydrogen-bond donors (Lipinski definition) is 1. The first-order valence-corrected chi connectivity index (χ1v) is 8.02. The summed E-state index contributed by atoms with van der Waals surface area (Å²) in [5.41, 5.74) is 6.02. The highest BCUT2D eigenvalue weighted by molar-refractivity contribution is 5.82. The number of hydrogen-bond acceptors (Lipinski definition) is 4. The Hall–Kier alpha value is -0.650. The van der Waals surface area contributed by atoms with E-state index in [1.165, 1.54) is 0 Å². The lowest BCUT2D eigenvalue weighted by Gasteiger charge is -2.40. The standard InChI is InChI=1S/C16H34N4O/c1-16(2,3)14(17)15(21)20(12-11-18(4)5)13-7-9-19(6)10-8-13/h13-14H,7-12,17H2,1-6H3/t14-/m0/s1. The molecule has 0 aliphatic carbocycles. The summed E-state index contributed by atoms with van der Waals surface area (Å²) >= 11 is 0. The van der Waals surface area contributed by atoms with Gasteiger partial charge in [0.05, 0.1) is 6.04 Å². The van der Waals surface area contributed by atoms with Crippen LogP contribution in [0.4, 0.5) is 0 Å². The number of carbonyl (C=O) groups excluding carboxylic acids is 1. The highest BCUT2D eigenvalue weighted by atomic mass is 16.2. The first-order chi connectivity index (χ1) is 9.62. The second-order valence-corrected chi connectivity index (χ2v) is 7.71. The van der Waals surface area contributed by atoms with Gasteiger partial charge in [-0.25, -0.2) is 0 Å². The molecule has 0 spiro atoms. The molecule has 0 saturated carbocycles. The van der Waals surface area contributed by atoms with Gasteiger partial charge in [-0.2, -0.15) is 0 Å². The molecule has 21 heavy (non-hydrogen) atoms. The van der Waals surface area contributed by atoms with Crippen molar-refractivity contribution in [3.8, 4) is 0 Å². The van der Waals surface area contributed by atoms with Crippen molar-refractivity contribution in [3.05, 3.63) is 0 Å². The molecule has 5 heteroatoms. The van der Waals surface area contributed by atoms with Crippen LogP contribution >= 0.6 is 0 Å². The van der Waals surface area contributed by atoms with Crippen molar-refractivity contribution in [2.24, 2.45) is 11.1 Å². The fourth-order valence-corrected chi connectivity index (χ4v) is 2.64. The Labute approximate surface area is 130 Å². The number of rotatable bonds is 5. The van der Waals surface area contributed by atoms with Gasteiger partial charge in [0.1, 0.15) is 0 Å². The fourth-order valence-electron chi connectivity index (χ4n) is 2.64. The van der Waals surface area contributed by atoms with Crippen LogP contribution in [-0.2, 0) is 4.79 Å². The molecule has 1 aliphatic rings. The number of carbonyl (C=O) groups is 1. The fraction of sp³-hybridized carbons (Fsp3) is 0.938. The van der Waals surface area contributed by atoms with Gasteiger partial charge in [0.15, 0.2) is 0 Å².